The third kappa shape index (κ3) is 2.24. The second-order valence-electron chi connectivity index (χ2n) is 4.18. The average molecular weight is 269 g/mol. The zero-order valence-electron chi connectivity index (χ0n) is 9.62. The van der Waals surface area contributed by atoms with Crippen LogP contribution in [0.15, 0.2) is 42.5 Å². The van der Waals surface area contributed by atoms with Crippen molar-refractivity contribution in [3.8, 4) is 0 Å². The average Bonchev–Trinajstić information content (AvgIpc) is 2.29. The van der Waals surface area contributed by atoms with Crippen LogP contribution in [0.1, 0.15) is 18.1 Å². The predicted molar refractivity (Wildman–Crippen MR) is 66.5 cm³/mol. The van der Waals surface area contributed by atoms with Gasteiger partial charge in [-0.05, 0) is 36.8 Å². The van der Waals surface area contributed by atoms with Gasteiger partial charge in [0.15, 0.2) is 0 Å². The van der Waals surface area contributed by atoms with Gasteiger partial charge in [0.25, 0.3) is 0 Å². The molecule has 0 aliphatic heterocycles. The summed E-state index contributed by atoms with van der Waals surface area (Å²) in [6.07, 6.45) is 0. The molecule has 0 fully saturated rings. The number of aliphatic hydroxyl groups is 1. The van der Waals surface area contributed by atoms with Crippen LogP contribution < -0.4 is 0 Å². The van der Waals surface area contributed by atoms with E-state index in [0.717, 1.165) is 12.1 Å². The van der Waals surface area contributed by atoms with Crippen molar-refractivity contribution in [2.45, 2.75) is 12.5 Å². The van der Waals surface area contributed by atoms with Crippen molar-refractivity contribution in [3.05, 3.63) is 70.2 Å². The highest BCUT2D eigenvalue weighted by atomic mass is 35.5. The molecule has 94 valence electrons. The van der Waals surface area contributed by atoms with Gasteiger partial charge in [0.1, 0.15) is 17.2 Å². The normalized spacial score (nSPS) is 14.3. The van der Waals surface area contributed by atoms with Gasteiger partial charge in [-0.2, -0.15) is 0 Å². The summed E-state index contributed by atoms with van der Waals surface area (Å²) in [4.78, 5) is 0. The van der Waals surface area contributed by atoms with E-state index >= 15 is 0 Å². The second-order valence-corrected chi connectivity index (χ2v) is 4.61. The van der Waals surface area contributed by atoms with Crippen LogP contribution in [0.5, 0.6) is 0 Å². The van der Waals surface area contributed by atoms with E-state index in [4.69, 9.17) is 11.6 Å². The van der Waals surface area contributed by atoms with E-state index < -0.39 is 17.2 Å². The van der Waals surface area contributed by atoms with E-state index in [1.54, 1.807) is 12.1 Å². The molecule has 0 amide bonds. The molecule has 0 aromatic heterocycles. The van der Waals surface area contributed by atoms with Gasteiger partial charge in [-0.15, -0.1) is 0 Å². The van der Waals surface area contributed by atoms with Crippen LogP contribution in [0.25, 0.3) is 0 Å². The van der Waals surface area contributed by atoms with Crippen LogP contribution in [0.4, 0.5) is 8.78 Å². The predicted octanol–water partition coefficient (Wildman–Crippen LogP) is 3.87. The highest BCUT2D eigenvalue weighted by molar-refractivity contribution is 6.30. The Labute approximate surface area is 109 Å². The molecular formula is C14H11ClF2O. The summed E-state index contributed by atoms with van der Waals surface area (Å²) in [5, 5.41) is 10.9. The Kier molecular flexibility index (Phi) is 3.37. The molecule has 0 saturated carbocycles. The molecule has 0 saturated heterocycles. The first-order valence-electron chi connectivity index (χ1n) is 5.36. The van der Waals surface area contributed by atoms with Gasteiger partial charge in [-0.3, -0.25) is 0 Å². The van der Waals surface area contributed by atoms with Gasteiger partial charge >= 0.3 is 0 Å². The van der Waals surface area contributed by atoms with Crippen LogP contribution in [0.3, 0.4) is 0 Å². The molecular weight excluding hydrogens is 258 g/mol. The first kappa shape index (κ1) is 13.0. The maximum atomic E-state index is 13.7. The number of halogens is 3. The first-order valence-corrected chi connectivity index (χ1v) is 5.73. The smallest absolute Gasteiger partial charge is 0.132 e. The molecule has 0 bridgehead atoms. The fraction of sp³-hybridized carbons (Fsp3) is 0.143. The summed E-state index contributed by atoms with van der Waals surface area (Å²) < 4.78 is 27.4. The molecule has 1 N–H and O–H groups in total. The van der Waals surface area contributed by atoms with Crippen molar-refractivity contribution in [2.24, 2.45) is 0 Å². The Morgan fingerprint density at radius 1 is 1.00 bits per heavy atom. The Morgan fingerprint density at radius 3 is 2.00 bits per heavy atom. The van der Waals surface area contributed by atoms with Crippen LogP contribution >= 0.6 is 11.6 Å². The highest BCUT2D eigenvalue weighted by Gasteiger charge is 2.31. The Morgan fingerprint density at radius 2 is 1.50 bits per heavy atom. The molecule has 1 atom stereocenters. The molecule has 0 radical (unpaired) electrons. The van der Waals surface area contributed by atoms with E-state index in [9.17, 15) is 13.9 Å². The van der Waals surface area contributed by atoms with Crippen molar-refractivity contribution >= 4 is 11.6 Å². The van der Waals surface area contributed by atoms with Gasteiger partial charge < -0.3 is 5.11 Å². The number of hydrogen-bond acceptors (Lipinski definition) is 1. The lowest BCUT2D eigenvalue weighted by molar-refractivity contribution is 0.0934. The van der Waals surface area contributed by atoms with Crippen molar-refractivity contribution < 1.29 is 13.9 Å². The first-order chi connectivity index (χ1) is 8.43. The summed E-state index contributed by atoms with van der Waals surface area (Å²) in [7, 11) is 0. The zero-order valence-corrected chi connectivity index (χ0v) is 10.4. The van der Waals surface area contributed by atoms with E-state index in [2.05, 4.69) is 0 Å². The van der Waals surface area contributed by atoms with Crippen molar-refractivity contribution in [1.29, 1.82) is 0 Å². The summed E-state index contributed by atoms with van der Waals surface area (Å²) in [5.41, 5.74) is -1.75. The monoisotopic (exact) mass is 268 g/mol. The van der Waals surface area contributed by atoms with Crippen LogP contribution in [0, 0.1) is 11.6 Å². The molecule has 0 aliphatic carbocycles. The van der Waals surface area contributed by atoms with Gasteiger partial charge in [-0.1, -0.05) is 29.8 Å². The van der Waals surface area contributed by atoms with Crippen LogP contribution in [0.2, 0.25) is 5.02 Å². The second kappa shape index (κ2) is 4.67. The minimum absolute atomic E-state index is 0.368. The quantitative estimate of drug-likeness (QED) is 0.876. The fourth-order valence-corrected chi connectivity index (χ4v) is 2.01. The lowest BCUT2D eigenvalue weighted by Crippen LogP contribution is -2.25. The molecule has 0 spiro atoms. The third-order valence-corrected chi connectivity index (χ3v) is 3.11. The standard InChI is InChI=1S/C14H11ClF2O/c1-14(18,9-5-7-10(15)8-6-9)13-11(16)3-2-4-12(13)17/h2-8,18H,1H3. The highest BCUT2D eigenvalue weighted by Crippen LogP contribution is 2.33. The minimum Gasteiger partial charge on any atom is -0.380 e. The lowest BCUT2D eigenvalue weighted by Gasteiger charge is -2.25. The fourth-order valence-electron chi connectivity index (χ4n) is 1.88. The summed E-state index contributed by atoms with van der Waals surface area (Å²) >= 11 is 5.74. The Bertz CT molecular complexity index is 544. The van der Waals surface area contributed by atoms with E-state index in [1.807, 2.05) is 0 Å². The van der Waals surface area contributed by atoms with Crippen molar-refractivity contribution in [3.63, 3.8) is 0 Å². The number of rotatable bonds is 2. The molecule has 18 heavy (non-hydrogen) atoms. The molecule has 0 heterocycles. The van der Waals surface area contributed by atoms with E-state index in [1.165, 1.54) is 25.1 Å². The maximum absolute atomic E-state index is 13.7. The summed E-state index contributed by atoms with van der Waals surface area (Å²) in [6, 6.07) is 9.67. The summed E-state index contributed by atoms with van der Waals surface area (Å²) in [6.45, 7) is 1.34. The molecule has 1 nitrogen and oxygen atoms in total. The SMILES string of the molecule is CC(O)(c1ccc(Cl)cc1)c1c(F)cccc1F. The Balaban J connectivity index is 2.57. The van der Waals surface area contributed by atoms with Gasteiger partial charge in [0, 0.05) is 5.02 Å². The largest absolute Gasteiger partial charge is 0.380 e. The molecule has 2 aromatic carbocycles. The van der Waals surface area contributed by atoms with Crippen LogP contribution in [-0.2, 0) is 5.60 Å². The van der Waals surface area contributed by atoms with E-state index in [-0.39, 0.29) is 5.56 Å². The molecule has 4 heteroatoms. The van der Waals surface area contributed by atoms with Crippen molar-refractivity contribution in [2.75, 3.05) is 0 Å². The topological polar surface area (TPSA) is 20.2 Å². The molecule has 0 aliphatic rings. The zero-order chi connectivity index (χ0) is 13.3. The van der Waals surface area contributed by atoms with Crippen molar-refractivity contribution in [1.82, 2.24) is 0 Å². The number of hydrogen-bond donors (Lipinski definition) is 1. The van der Waals surface area contributed by atoms with Gasteiger partial charge in [-0.25, -0.2) is 8.78 Å². The lowest BCUT2D eigenvalue weighted by atomic mass is 9.87. The Hall–Kier alpha value is -1.45. The molecule has 2 aromatic rings. The maximum Gasteiger partial charge on any atom is 0.132 e. The summed E-state index contributed by atoms with van der Waals surface area (Å²) in [5.74, 6) is -1.56. The van der Waals surface area contributed by atoms with Gasteiger partial charge in [0.05, 0.1) is 5.56 Å². The number of benzene rings is 2. The third-order valence-electron chi connectivity index (χ3n) is 2.86. The van der Waals surface area contributed by atoms with Crippen LogP contribution in [-0.4, -0.2) is 5.11 Å². The van der Waals surface area contributed by atoms with E-state index in [0.29, 0.717) is 10.6 Å². The van der Waals surface area contributed by atoms with Gasteiger partial charge in [0.2, 0.25) is 0 Å². The molecule has 1 unspecified atom stereocenters. The minimum atomic E-state index is -1.75. The molecule has 2 rings (SSSR count).